The quantitative estimate of drug-likeness (QED) is 0.273. The molecule has 0 bridgehead atoms. The number of furan rings is 1. The van der Waals surface area contributed by atoms with Gasteiger partial charge >= 0.3 is 12.0 Å². The third-order valence-electron chi connectivity index (χ3n) is 3.90. The highest BCUT2D eigenvalue weighted by Gasteiger charge is 2.15. The van der Waals surface area contributed by atoms with Crippen molar-refractivity contribution in [3.63, 3.8) is 0 Å². The molecule has 2 aromatic heterocycles. The van der Waals surface area contributed by atoms with Crippen molar-refractivity contribution in [1.82, 2.24) is 10.2 Å². The predicted molar refractivity (Wildman–Crippen MR) is 107 cm³/mol. The number of fused-ring (bicyclic) bond motifs is 1. The highest BCUT2D eigenvalue weighted by atomic mass is 32.1. The van der Waals surface area contributed by atoms with E-state index in [1.165, 1.54) is 12.3 Å². The summed E-state index contributed by atoms with van der Waals surface area (Å²) in [7, 11) is 0. The Morgan fingerprint density at radius 1 is 1.14 bits per heavy atom. The number of nitrogens with one attached hydrogen (secondary N) is 2. The molecule has 2 N–H and O–H groups in total. The zero-order valence-electron chi connectivity index (χ0n) is 14.3. The molecule has 9 heteroatoms. The number of benzene rings is 2. The lowest BCUT2D eigenvalue weighted by molar-refractivity contribution is 0.0701. The number of ether oxygens (including phenoxy) is 1. The first-order valence-electron chi connectivity index (χ1n) is 8.19. The molecule has 0 aliphatic heterocycles. The summed E-state index contributed by atoms with van der Waals surface area (Å²) in [5.74, 6) is -0.181. The van der Waals surface area contributed by atoms with E-state index in [0.717, 1.165) is 15.2 Å². The van der Waals surface area contributed by atoms with E-state index >= 15 is 0 Å². The lowest BCUT2D eigenvalue weighted by Crippen LogP contribution is -2.26. The van der Waals surface area contributed by atoms with Crippen LogP contribution >= 0.6 is 12.8 Å². The summed E-state index contributed by atoms with van der Waals surface area (Å²) in [5.41, 5.74) is 1.99. The molecule has 0 unspecified atom stereocenters. The highest BCUT2D eigenvalue weighted by molar-refractivity contribution is 7.82. The van der Waals surface area contributed by atoms with Crippen molar-refractivity contribution in [2.24, 2.45) is 0 Å². The van der Waals surface area contributed by atoms with Gasteiger partial charge in [0.1, 0.15) is 5.75 Å². The SMILES string of the molecule is O=C(Oc1ccc(N(S)C(=O)Nc2ccc3[nH]ncc3c2)cc1)c1ccco1. The van der Waals surface area contributed by atoms with E-state index < -0.39 is 12.0 Å². The molecule has 0 radical (unpaired) electrons. The third-order valence-corrected chi connectivity index (χ3v) is 4.31. The fourth-order valence-corrected chi connectivity index (χ4v) is 2.70. The molecule has 0 fully saturated rings. The number of aromatic amines is 1. The number of H-pyrrole nitrogens is 1. The number of hydrogen-bond acceptors (Lipinski definition) is 6. The van der Waals surface area contributed by atoms with Crippen LogP contribution in [0.25, 0.3) is 10.9 Å². The molecule has 0 aliphatic rings. The summed E-state index contributed by atoms with van der Waals surface area (Å²) in [6, 6.07) is 14.4. The van der Waals surface area contributed by atoms with Crippen LogP contribution in [0.5, 0.6) is 5.75 Å². The van der Waals surface area contributed by atoms with Crippen LogP contribution in [0.1, 0.15) is 10.6 Å². The number of amides is 2. The van der Waals surface area contributed by atoms with Crippen LogP contribution in [-0.2, 0) is 0 Å². The van der Waals surface area contributed by atoms with Gasteiger partial charge in [0.2, 0.25) is 5.76 Å². The smallest absolute Gasteiger partial charge is 0.379 e. The normalized spacial score (nSPS) is 10.6. The molecular formula is C19H14N4O4S. The average molecular weight is 394 g/mol. The lowest BCUT2D eigenvalue weighted by atomic mass is 10.2. The topological polar surface area (TPSA) is 100 Å². The monoisotopic (exact) mass is 394 g/mol. The summed E-state index contributed by atoms with van der Waals surface area (Å²) in [5, 5.41) is 10.4. The van der Waals surface area contributed by atoms with Crippen molar-refractivity contribution in [3.05, 3.63) is 72.8 Å². The zero-order valence-corrected chi connectivity index (χ0v) is 15.2. The number of carbonyl (C=O) groups is 2. The molecule has 2 heterocycles. The van der Waals surface area contributed by atoms with E-state index in [0.29, 0.717) is 17.1 Å². The number of aromatic nitrogens is 2. The second kappa shape index (κ2) is 7.49. The maximum absolute atomic E-state index is 12.4. The molecule has 0 spiro atoms. The number of nitrogens with zero attached hydrogens (tertiary/aromatic N) is 2. The van der Waals surface area contributed by atoms with Crippen molar-refractivity contribution in [1.29, 1.82) is 0 Å². The van der Waals surface area contributed by atoms with Crippen LogP contribution in [0, 0.1) is 0 Å². The number of hydrogen-bond donors (Lipinski definition) is 3. The Kier molecular flexibility index (Phi) is 4.73. The maximum Gasteiger partial charge on any atom is 0.379 e. The fraction of sp³-hybridized carbons (Fsp3) is 0. The largest absolute Gasteiger partial charge is 0.457 e. The molecule has 0 saturated carbocycles. The maximum atomic E-state index is 12.4. The summed E-state index contributed by atoms with van der Waals surface area (Å²) in [4.78, 5) is 24.3. The number of carbonyl (C=O) groups excluding carboxylic acids is 2. The molecule has 4 rings (SSSR count). The number of esters is 1. The first-order valence-corrected chi connectivity index (χ1v) is 8.59. The first kappa shape index (κ1) is 17.7. The first-order chi connectivity index (χ1) is 13.6. The third kappa shape index (κ3) is 3.69. The molecule has 28 heavy (non-hydrogen) atoms. The Hall–Kier alpha value is -3.72. The minimum absolute atomic E-state index is 0.105. The van der Waals surface area contributed by atoms with Gasteiger partial charge in [0.25, 0.3) is 0 Å². The summed E-state index contributed by atoms with van der Waals surface area (Å²) >= 11 is 4.24. The molecule has 140 valence electrons. The molecule has 4 aromatic rings. The average Bonchev–Trinajstić information content (AvgIpc) is 3.39. The second-order valence-corrected chi connectivity index (χ2v) is 6.17. The van der Waals surface area contributed by atoms with Crippen LogP contribution in [0.2, 0.25) is 0 Å². The Labute approximate surface area is 164 Å². The number of thiol groups is 1. The van der Waals surface area contributed by atoms with E-state index in [2.05, 4.69) is 28.3 Å². The van der Waals surface area contributed by atoms with Crippen molar-refractivity contribution in [3.8, 4) is 5.75 Å². The van der Waals surface area contributed by atoms with Gasteiger partial charge < -0.3 is 14.5 Å². The van der Waals surface area contributed by atoms with Crippen molar-refractivity contribution in [2.75, 3.05) is 9.62 Å². The minimum Gasteiger partial charge on any atom is -0.457 e. The van der Waals surface area contributed by atoms with Gasteiger partial charge in [0.15, 0.2) is 0 Å². The van der Waals surface area contributed by atoms with Crippen LogP contribution < -0.4 is 14.4 Å². The number of urea groups is 1. The van der Waals surface area contributed by atoms with Crippen molar-refractivity contribution in [2.45, 2.75) is 0 Å². The summed E-state index contributed by atoms with van der Waals surface area (Å²) < 4.78 is 11.3. The molecule has 0 atom stereocenters. The van der Waals surface area contributed by atoms with E-state index in [4.69, 9.17) is 9.15 Å². The van der Waals surface area contributed by atoms with Gasteiger partial charge in [-0.05, 0) is 54.6 Å². The van der Waals surface area contributed by atoms with Crippen molar-refractivity contribution < 1.29 is 18.7 Å². The number of rotatable bonds is 4. The Bertz CT molecular complexity index is 1120. The lowest BCUT2D eigenvalue weighted by Gasteiger charge is -2.17. The molecular weight excluding hydrogens is 380 g/mol. The summed E-state index contributed by atoms with van der Waals surface area (Å²) in [6.07, 6.45) is 3.06. The van der Waals surface area contributed by atoms with Crippen molar-refractivity contribution >= 4 is 47.1 Å². The van der Waals surface area contributed by atoms with E-state index in [9.17, 15) is 9.59 Å². The zero-order chi connectivity index (χ0) is 19.5. The Morgan fingerprint density at radius 2 is 1.96 bits per heavy atom. The highest BCUT2D eigenvalue weighted by Crippen LogP contribution is 2.23. The van der Waals surface area contributed by atoms with E-state index in [-0.39, 0.29) is 5.76 Å². The molecule has 0 aliphatic carbocycles. The van der Waals surface area contributed by atoms with E-state index in [1.54, 1.807) is 48.7 Å². The molecule has 2 amide bonds. The van der Waals surface area contributed by atoms with E-state index in [1.807, 2.05) is 6.07 Å². The summed E-state index contributed by atoms with van der Waals surface area (Å²) in [6.45, 7) is 0. The Balaban J connectivity index is 1.41. The fourth-order valence-electron chi connectivity index (χ4n) is 2.52. The number of anilines is 2. The van der Waals surface area contributed by atoms with Gasteiger partial charge in [-0.3, -0.25) is 5.10 Å². The standard InChI is InChI=1S/C19H14N4O4S/c24-18(17-2-1-9-26-17)27-15-6-4-14(5-7-15)23(28)19(25)21-13-3-8-16-12(10-13)11-20-22-16/h1-11,28H,(H,20,22)(H,21,25). The van der Waals surface area contributed by atoms with Gasteiger partial charge in [-0.2, -0.15) is 5.10 Å². The molecule has 8 nitrogen and oxygen atoms in total. The van der Waals surface area contributed by atoms with Gasteiger partial charge in [0.05, 0.1) is 23.7 Å². The van der Waals surface area contributed by atoms with Gasteiger partial charge in [0, 0.05) is 11.1 Å². The minimum atomic E-state index is -0.604. The van der Waals surface area contributed by atoms with Crippen LogP contribution in [-0.4, -0.2) is 22.2 Å². The van der Waals surface area contributed by atoms with Crippen LogP contribution in [0.15, 0.2) is 71.5 Å². The van der Waals surface area contributed by atoms with Gasteiger partial charge in [-0.1, -0.05) is 12.8 Å². The van der Waals surface area contributed by atoms with Gasteiger partial charge in [-0.15, -0.1) is 0 Å². The van der Waals surface area contributed by atoms with Crippen LogP contribution in [0.3, 0.4) is 0 Å². The predicted octanol–water partition coefficient (Wildman–Crippen LogP) is 4.26. The second-order valence-electron chi connectivity index (χ2n) is 5.77. The van der Waals surface area contributed by atoms with Gasteiger partial charge in [-0.25, -0.2) is 13.9 Å². The molecule has 0 saturated heterocycles. The Morgan fingerprint density at radius 3 is 2.71 bits per heavy atom. The van der Waals surface area contributed by atoms with Crippen LogP contribution in [0.4, 0.5) is 16.2 Å². The molecule has 2 aromatic carbocycles.